The molecule has 0 aliphatic rings. The maximum atomic E-state index is 12.9. The first-order valence-corrected chi connectivity index (χ1v) is 8.55. The number of nitrogens with zero attached hydrogens (tertiary/aromatic N) is 2. The van der Waals surface area contributed by atoms with Crippen molar-refractivity contribution in [2.45, 2.75) is 34.2 Å². The Morgan fingerprint density at radius 1 is 1.24 bits per heavy atom. The Kier molecular flexibility index (Phi) is 4.74. The van der Waals surface area contributed by atoms with E-state index in [0.29, 0.717) is 24.7 Å². The number of aromatic nitrogens is 2. The van der Waals surface area contributed by atoms with E-state index >= 15 is 0 Å². The van der Waals surface area contributed by atoms with Crippen LogP contribution in [0.2, 0.25) is 0 Å². The third-order valence-corrected chi connectivity index (χ3v) is 4.37. The van der Waals surface area contributed by atoms with E-state index in [2.05, 4.69) is 10.3 Å². The third-order valence-electron chi connectivity index (χ3n) is 4.37. The van der Waals surface area contributed by atoms with Crippen molar-refractivity contribution >= 4 is 22.6 Å². The van der Waals surface area contributed by atoms with E-state index in [4.69, 9.17) is 4.74 Å². The molecule has 0 saturated carbocycles. The molecule has 1 N–H and O–H groups in total. The average molecular weight is 337 g/mol. The van der Waals surface area contributed by atoms with Crippen molar-refractivity contribution in [2.24, 2.45) is 0 Å². The molecule has 0 radical (unpaired) electrons. The van der Waals surface area contributed by atoms with Gasteiger partial charge < -0.3 is 14.6 Å². The summed E-state index contributed by atoms with van der Waals surface area (Å²) in [4.78, 5) is 17.2. The third kappa shape index (κ3) is 3.09. The molecule has 3 aromatic rings. The number of hydrogen-bond acceptors (Lipinski definition) is 3. The smallest absolute Gasteiger partial charge is 0.273 e. The Hall–Kier alpha value is -2.82. The topological polar surface area (TPSA) is 56.1 Å². The lowest BCUT2D eigenvalue weighted by Crippen LogP contribution is -2.19. The van der Waals surface area contributed by atoms with E-state index in [0.717, 1.165) is 27.8 Å². The molecule has 2 aromatic heterocycles. The Morgan fingerprint density at radius 3 is 2.72 bits per heavy atom. The van der Waals surface area contributed by atoms with Crippen molar-refractivity contribution in [1.82, 2.24) is 9.55 Å². The minimum Gasteiger partial charge on any atom is -0.494 e. The number of fused-ring (bicyclic) bond motifs is 1. The lowest BCUT2D eigenvalue weighted by molar-refractivity contribution is 0.101. The maximum absolute atomic E-state index is 12.9. The van der Waals surface area contributed by atoms with E-state index in [1.54, 1.807) is 6.20 Å². The summed E-state index contributed by atoms with van der Waals surface area (Å²) in [6.45, 7) is 9.23. The van der Waals surface area contributed by atoms with Crippen LogP contribution in [0.4, 0.5) is 5.82 Å². The van der Waals surface area contributed by atoms with Gasteiger partial charge in [0, 0.05) is 23.6 Å². The summed E-state index contributed by atoms with van der Waals surface area (Å²) in [6, 6.07) is 9.75. The molecule has 130 valence electrons. The van der Waals surface area contributed by atoms with Gasteiger partial charge in [0.25, 0.3) is 5.91 Å². The number of carbonyl (C=O) groups excluding carboxylic acids is 1. The summed E-state index contributed by atoms with van der Waals surface area (Å²) in [7, 11) is 0. The Labute approximate surface area is 147 Å². The van der Waals surface area contributed by atoms with Gasteiger partial charge in [0.15, 0.2) is 0 Å². The zero-order valence-electron chi connectivity index (χ0n) is 15.1. The zero-order valence-corrected chi connectivity index (χ0v) is 15.1. The fourth-order valence-electron chi connectivity index (χ4n) is 3.16. The van der Waals surface area contributed by atoms with Gasteiger partial charge in [0.1, 0.15) is 17.3 Å². The fraction of sp³-hybridized carbons (Fsp3) is 0.300. The van der Waals surface area contributed by atoms with Gasteiger partial charge in [0.05, 0.1) is 6.61 Å². The van der Waals surface area contributed by atoms with Crippen molar-refractivity contribution in [3.63, 3.8) is 0 Å². The summed E-state index contributed by atoms with van der Waals surface area (Å²) < 4.78 is 7.64. The number of hydrogen-bond donors (Lipinski definition) is 1. The molecule has 5 nitrogen and oxygen atoms in total. The Bertz CT molecular complexity index is 928. The summed E-state index contributed by atoms with van der Waals surface area (Å²) in [5.41, 5.74) is 3.58. The predicted molar refractivity (Wildman–Crippen MR) is 100 cm³/mol. The number of benzene rings is 1. The number of carbonyl (C=O) groups is 1. The molecule has 1 aromatic carbocycles. The molecule has 0 unspecified atom stereocenters. The lowest BCUT2D eigenvalue weighted by Gasteiger charge is -2.10. The molecule has 0 saturated heterocycles. The molecule has 0 fully saturated rings. The summed E-state index contributed by atoms with van der Waals surface area (Å²) in [6.07, 6.45) is 1.68. The normalized spacial score (nSPS) is 10.9. The molecule has 3 rings (SSSR count). The second-order valence-electron chi connectivity index (χ2n) is 5.95. The molecule has 0 atom stereocenters. The number of ether oxygens (including phenoxy) is 1. The van der Waals surface area contributed by atoms with E-state index in [1.807, 2.05) is 62.6 Å². The minimum atomic E-state index is -0.143. The van der Waals surface area contributed by atoms with Crippen LogP contribution in [0.5, 0.6) is 5.75 Å². The van der Waals surface area contributed by atoms with Crippen molar-refractivity contribution < 1.29 is 9.53 Å². The molecule has 0 aliphatic carbocycles. The standard InChI is InChI=1S/C20H23N3O2/c1-5-23-17-10-9-15(25-6-2)12-16(17)14(4)18(23)20(24)22-19-13(3)8-7-11-21-19/h7-12H,5-6H2,1-4H3,(H,21,22,24). The van der Waals surface area contributed by atoms with Gasteiger partial charge in [-0.3, -0.25) is 4.79 Å². The molecule has 1 amide bonds. The zero-order chi connectivity index (χ0) is 18.0. The highest BCUT2D eigenvalue weighted by molar-refractivity contribution is 6.08. The van der Waals surface area contributed by atoms with E-state index in [-0.39, 0.29) is 5.91 Å². The number of pyridine rings is 1. The van der Waals surface area contributed by atoms with Gasteiger partial charge in [-0.1, -0.05) is 6.07 Å². The molecule has 5 heteroatoms. The lowest BCUT2D eigenvalue weighted by atomic mass is 10.1. The summed E-state index contributed by atoms with van der Waals surface area (Å²) in [5, 5.41) is 3.98. The molecule has 25 heavy (non-hydrogen) atoms. The first-order chi connectivity index (χ1) is 12.1. The number of rotatable bonds is 5. The second-order valence-corrected chi connectivity index (χ2v) is 5.95. The van der Waals surface area contributed by atoms with Crippen molar-refractivity contribution in [1.29, 1.82) is 0 Å². The number of nitrogens with one attached hydrogen (secondary N) is 1. The highest BCUT2D eigenvalue weighted by atomic mass is 16.5. The largest absolute Gasteiger partial charge is 0.494 e. The Balaban J connectivity index is 2.07. The predicted octanol–water partition coefficient (Wildman–Crippen LogP) is 4.32. The summed E-state index contributed by atoms with van der Waals surface area (Å²) in [5.74, 6) is 1.27. The molecule has 2 heterocycles. The van der Waals surface area contributed by atoms with Crippen LogP contribution in [-0.4, -0.2) is 22.1 Å². The SMILES string of the molecule is CCOc1ccc2c(c1)c(C)c(C(=O)Nc1ncccc1C)n2CC. The van der Waals surface area contributed by atoms with Crippen LogP contribution in [0.1, 0.15) is 35.5 Å². The van der Waals surface area contributed by atoms with Crippen LogP contribution in [0.15, 0.2) is 36.5 Å². The molecule has 0 spiro atoms. The van der Waals surface area contributed by atoms with Crippen LogP contribution in [-0.2, 0) is 6.54 Å². The molecule has 0 bridgehead atoms. The maximum Gasteiger partial charge on any atom is 0.273 e. The van der Waals surface area contributed by atoms with Gasteiger partial charge in [0.2, 0.25) is 0 Å². The molecular weight excluding hydrogens is 314 g/mol. The van der Waals surface area contributed by atoms with Crippen molar-refractivity contribution in [2.75, 3.05) is 11.9 Å². The van der Waals surface area contributed by atoms with Gasteiger partial charge >= 0.3 is 0 Å². The van der Waals surface area contributed by atoms with Gasteiger partial charge in [-0.25, -0.2) is 4.98 Å². The van der Waals surface area contributed by atoms with Gasteiger partial charge in [-0.15, -0.1) is 0 Å². The summed E-state index contributed by atoms with van der Waals surface area (Å²) >= 11 is 0. The number of aryl methyl sites for hydroxylation is 3. The van der Waals surface area contributed by atoms with Gasteiger partial charge in [-0.2, -0.15) is 0 Å². The average Bonchev–Trinajstić information content (AvgIpc) is 2.89. The van der Waals surface area contributed by atoms with Crippen LogP contribution in [0.25, 0.3) is 10.9 Å². The number of anilines is 1. The first kappa shape index (κ1) is 17.0. The van der Waals surface area contributed by atoms with Crippen LogP contribution in [0, 0.1) is 13.8 Å². The van der Waals surface area contributed by atoms with Gasteiger partial charge in [-0.05, 0) is 63.1 Å². The number of amides is 1. The fourth-order valence-corrected chi connectivity index (χ4v) is 3.16. The van der Waals surface area contributed by atoms with Crippen LogP contribution in [0.3, 0.4) is 0 Å². The second kappa shape index (κ2) is 6.97. The van der Waals surface area contributed by atoms with E-state index in [9.17, 15) is 4.79 Å². The van der Waals surface area contributed by atoms with Crippen molar-refractivity contribution in [3.8, 4) is 5.75 Å². The quantitative estimate of drug-likeness (QED) is 0.754. The minimum absolute atomic E-state index is 0.143. The van der Waals surface area contributed by atoms with Crippen molar-refractivity contribution in [3.05, 3.63) is 53.3 Å². The highest BCUT2D eigenvalue weighted by Gasteiger charge is 2.20. The Morgan fingerprint density at radius 2 is 2.04 bits per heavy atom. The monoisotopic (exact) mass is 337 g/mol. The molecular formula is C20H23N3O2. The highest BCUT2D eigenvalue weighted by Crippen LogP contribution is 2.30. The van der Waals surface area contributed by atoms with Crippen LogP contribution < -0.4 is 10.1 Å². The molecule has 0 aliphatic heterocycles. The van der Waals surface area contributed by atoms with E-state index < -0.39 is 0 Å². The van der Waals surface area contributed by atoms with E-state index in [1.165, 1.54) is 0 Å². The van der Waals surface area contributed by atoms with Crippen LogP contribution >= 0.6 is 0 Å². The first-order valence-electron chi connectivity index (χ1n) is 8.55.